The highest BCUT2D eigenvalue weighted by molar-refractivity contribution is 7.80. The molecule has 2 aromatic rings. The van der Waals surface area contributed by atoms with Crippen LogP contribution in [-0.4, -0.2) is 23.6 Å². The number of thiocarbonyl (C=S) groups is 1. The minimum absolute atomic E-state index is 0.0308. The fourth-order valence-corrected chi connectivity index (χ4v) is 2.34. The molecular weight excluding hydrogens is 364 g/mol. The minimum atomic E-state index is -1.28. The summed E-state index contributed by atoms with van der Waals surface area (Å²) in [6, 6.07) is 11.2. The van der Waals surface area contributed by atoms with Crippen LogP contribution in [-0.2, 0) is 4.79 Å². The predicted octanol–water partition coefficient (Wildman–Crippen LogP) is 1.90. The summed E-state index contributed by atoms with van der Waals surface area (Å²) >= 11 is 10.8. The van der Waals surface area contributed by atoms with Crippen molar-refractivity contribution in [2.45, 2.75) is 6.92 Å². The molecule has 0 heterocycles. The molecular formula is C17H14ClN2O4S-. The molecule has 1 amide bonds. The third-order valence-electron chi connectivity index (χ3n) is 3.24. The molecule has 0 fully saturated rings. The van der Waals surface area contributed by atoms with E-state index in [0.717, 1.165) is 0 Å². The summed E-state index contributed by atoms with van der Waals surface area (Å²) in [5.74, 6) is -1.25. The highest BCUT2D eigenvalue weighted by Gasteiger charge is 2.09. The molecule has 25 heavy (non-hydrogen) atoms. The number of hydrogen-bond acceptors (Lipinski definition) is 5. The van der Waals surface area contributed by atoms with Crippen molar-refractivity contribution in [2.24, 2.45) is 0 Å². The molecule has 0 aliphatic carbocycles. The van der Waals surface area contributed by atoms with Gasteiger partial charge in [-0.15, -0.1) is 0 Å². The Labute approximate surface area is 154 Å². The van der Waals surface area contributed by atoms with E-state index in [1.165, 1.54) is 6.07 Å². The first-order valence-electron chi connectivity index (χ1n) is 7.17. The molecule has 2 aromatic carbocycles. The Hall–Kier alpha value is -2.64. The minimum Gasteiger partial charge on any atom is -0.545 e. The van der Waals surface area contributed by atoms with Crippen molar-refractivity contribution in [2.75, 3.05) is 11.9 Å². The van der Waals surface area contributed by atoms with Crippen molar-refractivity contribution < 1.29 is 19.4 Å². The first kappa shape index (κ1) is 18.7. The van der Waals surface area contributed by atoms with Crippen molar-refractivity contribution in [3.63, 3.8) is 0 Å². The van der Waals surface area contributed by atoms with E-state index >= 15 is 0 Å². The van der Waals surface area contributed by atoms with E-state index < -0.39 is 11.9 Å². The van der Waals surface area contributed by atoms with Gasteiger partial charge in [0.2, 0.25) is 0 Å². The molecule has 0 atom stereocenters. The maximum absolute atomic E-state index is 11.9. The Balaban J connectivity index is 1.89. The zero-order chi connectivity index (χ0) is 18.4. The Morgan fingerprint density at radius 2 is 1.88 bits per heavy atom. The lowest BCUT2D eigenvalue weighted by atomic mass is 10.1. The van der Waals surface area contributed by atoms with Gasteiger partial charge in [0.05, 0.1) is 5.97 Å². The third kappa shape index (κ3) is 5.44. The van der Waals surface area contributed by atoms with Gasteiger partial charge in [-0.05, 0) is 55.0 Å². The van der Waals surface area contributed by atoms with Crippen LogP contribution >= 0.6 is 23.8 Å². The second-order valence-corrected chi connectivity index (χ2v) is 5.86. The highest BCUT2D eigenvalue weighted by atomic mass is 35.5. The van der Waals surface area contributed by atoms with E-state index in [2.05, 4.69) is 10.6 Å². The number of anilines is 1. The predicted molar refractivity (Wildman–Crippen MR) is 96.8 cm³/mol. The summed E-state index contributed by atoms with van der Waals surface area (Å²) in [6.07, 6.45) is 0. The zero-order valence-corrected chi connectivity index (χ0v) is 14.7. The SMILES string of the molecule is Cc1c(NC(=S)NC(=O)COc2ccc(Cl)cc2)cccc1C(=O)[O-]. The van der Waals surface area contributed by atoms with E-state index in [1.54, 1.807) is 43.3 Å². The third-order valence-corrected chi connectivity index (χ3v) is 3.69. The second-order valence-electron chi connectivity index (χ2n) is 5.01. The van der Waals surface area contributed by atoms with Crippen LogP contribution in [0.25, 0.3) is 0 Å². The van der Waals surface area contributed by atoms with E-state index in [9.17, 15) is 14.7 Å². The number of carbonyl (C=O) groups excluding carboxylic acids is 2. The standard InChI is InChI=1S/C17H15ClN2O4S/c1-10-13(16(22)23)3-2-4-14(10)19-17(25)20-15(21)9-24-12-7-5-11(18)6-8-12/h2-8H,9H2,1H3,(H,22,23)(H2,19,20,21,25)/p-1. The maximum atomic E-state index is 11.9. The van der Waals surface area contributed by atoms with Gasteiger partial charge >= 0.3 is 0 Å². The van der Waals surface area contributed by atoms with Gasteiger partial charge in [-0.1, -0.05) is 23.7 Å². The average Bonchev–Trinajstić information content (AvgIpc) is 2.56. The number of carboxylic acids is 1. The number of carbonyl (C=O) groups is 2. The number of rotatable bonds is 5. The molecule has 130 valence electrons. The molecule has 0 radical (unpaired) electrons. The first-order valence-corrected chi connectivity index (χ1v) is 7.95. The van der Waals surface area contributed by atoms with Gasteiger partial charge in [0.25, 0.3) is 5.91 Å². The van der Waals surface area contributed by atoms with Crippen LogP contribution in [0.5, 0.6) is 5.75 Å². The topological polar surface area (TPSA) is 90.5 Å². The summed E-state index contributed by atoms with van der Waals surface area (Å²) in [6.45, 7) is 1.38. The number of benzene rings is 2. The van der Waals surface area contributed by atoms with Crippen LogP contribution in [0.3, 0.4) is 0 Å². The van der Waals surface area contributed by atoms with Crippen molar-refractivity contribution in [1.29, 1.82) is 0 Å². The maximum Gasteiger partial charge on any atom is 0.264 e. The van der Waals surface area contributed by atoms with E-state index in [4.69, 9.17) is 28.6 Å². The normalized spacial score (nSPS) is 10.0. The molecule has 2 N–H and O–H groups in total. The van der Waals surface area contributed by atoms with Crippen LogP contribution in [0.4, 0.5) is 5.69 Å². The summed E-state index contributed by atoms with van der Waals surface area (Å²) in [5, 5.41) is 16.8. The summed E-state index contributed by atoms with van der Waals surface area (Å²) in [4.78, 5) is 22.9. The average molecular weight is 378 g/mol. The quantitative estimate of drug-likeness (QED) is 0.773. The van der Waals surface area contributed by atoms with Gasteiger partial charge in [0.15, 0.2) is 11.7 Å². The van der Waals surface area contributed by atoms with Gasteiger partial charge < -0.3 is 20.0 Å². The van der Waals surface area contributed by atoms with E-state index in [0.29, 0.717) is 22.0 Å². The molecule has 0 bridgehead atoms. The molecule has 6 nitrogen and oxygen atoms in total. The fourth-order valence-electron chi connectivity index (χ4n) is 1.99. The number of amides is 1. The van der Waals surface area contributed by atoms with Crippen LogP contribution in [0.1, 0.15) is 15.9 Å². The van der Waals surface area contributed by atoms with Crippen molar-refractivity contribution in [3.05, 3.63) is 58.6 Å². The Morgan fingerprint density at radius 3 is 2.52 bits per heavy atom. The van der Waals surface area contributed by atoms with Crippen molar-refractivity contribution in [1.82, 2.24) is 5.32 Å². The largest absolute Gasteiger partial charge is 0.545 e. The number of ether oxygens (including phenoxy) is 1. The summed E-state index contributed by atoms with van der Waals surface area (Å²) in [5.41, 5.74) is 0.965. The van der Waals surface area contributed by atoms with Crippen molar-refractivity contribution in [3.8, 4) is 5.75 Å². The van der Waals surface area contributed by atoms with Gasteiger partial charge in [-0.2, -0.15) is 0 Å². The Morgan fingerprint density at radius 1 is 1.20 bits per heavy atom. The number of aromatic carboxylic acids is 1. The number of nitrogens with one attached hydrogen (secondary N) is 2. The lowest BCUT2D eigenvalue weighted by Crippen LogP contribution is -2.37. The number of hydrogen-bond donors (Lipinski definition) is 2. The van der Waals surface area contributed by atoms with Gasteiger partial charge in [-0.25, -0.2) is 0 Å². The first-order chi connectivity index (χ1) is 11.9. The van der Waals surface area contributed by atoms with Crippen LogP contribution in [0.15, 0.2) is 42.5 Å². The fraction of sp³-hybridized carbons (Fsp3) is 0.118. The molecule has 2 rings (SSSR count). The second kappa shape index (κ2) is 8.46. The number of halogens is 1. The Kier molecular flexibility index (Phi) is 6.32. The molecule has 0 aliphatic heterocycles. The summed E-state index contributed by atoms with van der Waals surface area (Å²) < 4.78 is 5.30. The van der Waals surface area contributed by atoms with Crippen LogP contribution in [0.2, 0.25) is 5.02 Å². The summed E-state index contributed by atoms with van der Waals surface area (Å²) in [7, 11) is 0. The zero-order valence-electron chi connectivity index (χ0n) is 13.2. The van der Waals surface area contributed by atoms with Gasteiger partial charge in [-0.3, -0.25) is 10.1 Å². The van der Waals surface area contributed by atoms with Crippen LogP contribution in [0, 0.1) is 6.92 Å². The van der Waals surface area contributed by atoms with E-state index in [-0.39, 0.29) is 17.3 Å². The number of carboxylic acid groups (broad SMARTS) is 1. The smallest absolute Gasteiger partial charge is 0.264 e. The van der Waals surface area contributed by atoms with Gasteiger partial charge in [0, 0.05) is 16.3 Å². The molecule has 0 saturated carbocycles. The molecule has 8 heteroatoms. The molecule has 0 unspecified atom stereocenters. The lowest BCUT2D eigenvalue weighted by molar-refractivity contribution is -0.255. The lowest BCUT2D eigenvalue weighted by Gasteiger charge is -2.15. The monoisotopic (exact) mass is 377 g/mol. The molecule has 0 aromatic heterocycles. The Bertz CT molecular complexity index is 809. The van der Waals surface area contributed by atoms with Gasteiger partial charge in [0.1, 0.15) is 5.75 Å². The van der Waals surface area contributed by atoms with Crippen LogP contribution < -0.4 is 20.5 Å². The highest BCUT2D eigenvalue weighted by Crippen LogP contribution is 2.18. The van der Waals surface area contributed by atoms with E-state index in [1.807, 2.05) is 0 Å². The molecule has 0 saturated heterocycles. The van der Waals surface area contributed by atoms with Crippen molar-refractivity contribution >= 4 is 46.5 Å². The molecule has 0 spiro atoms. The molecule has 0 aliphatic rings.